The summed E-state index contributed by atoms with van der Waals surface area (Å²) in [5.41, 5.74) is 11.8. The van der Waals surface area contributed by atoms with Gasteiger partial charge in [-0.05, 0) is 123 Å². The predicted octanol–water partition coefficient (Wildman–Crippen LogP) is 15.1. The van der Waals surface area contributed by atoms with Gasteiger partial charge in [-0.15, -0.1) is 0 Å². The van der Waals surface area contributed by atoms with Gasteiger partial charge in [0.1, 0.15) is 0 Å². The van der Waals surface area contributed by atoms with Gasteiger partial charge < -0.3 is 9.80 Å². The van der Waals surface area contributed by atoms with Gasteiger partial charge in [0.15, 0.2) is 11.0 Å². The Labute approximate surface area is 372 Å². The first-order valence-electron chi connectivity index (χ1n) is 20.8. The fraction of sp³-hybridized carbons (Fsp3) is 0.123. The third-order valence-corrected chi connectivity index (χ3v) is 12.0. The molecular weight excluding hydrogens is 775 g/mol. The average molecular weight is 834 g/mol. The maximum absolute atomic E-state index is 14.5. The lowest BCUT2D eigenvalue weighted by Crippen LogP contribution is -2.17. The molecule has 0 aliphatic heterocycles. The molecule has 5 rings (SSSR count). The van der Waals surface area contributed by atoms with Gasteiger partial charge in [0.05, 0.1) is 15.9 Å². The van der Waals surface area contributed by atoms with Crippen molar-refractivity contribution >= 4 is 49.7 Å². The molecule has 314 valence electrons. The van der Waals surface area contributed by atoms with E-state index in [-0.39, 0.29) is 0 Å². The van der Waals surface area contributed by atoms with Crippen LogP contribution in [0.1, 0.15) is 39.7 Å². The molecule has 1 aromatic heterocycles. The molecule has 0 fully saturated rings. The fourth-order valence-corrected chi connectivity index (χ4v) is 8.32. The lowest BCUT2D eigenvalue weighted by Gasteiger charge is -2.24. The Morgan fingerprint density at radius 2 is 1.34 bits per heavy atom. The number of hydrogen-bond donors (Lipinski definition) is 0. The number of benzene rings is 4. The number of nitrogens with zero attached hydrogens (tertiary/aromatic N) is 3. The molecule has 0 aliphatic rings. The maximum Gasteiger partial charge on any atom is 0.157 e. The first-order valence-corrected chi connectivity index (χ1v) is 21.9. The molecule has 4 aromatic carbocycles. The summed E-state index contributed by atoms with van der Waals surface area (Å²) in [6.07, 6.45) is 31.4. The molecule has 5 aromatic rings. The van der Waals surface area contributed by atoms with Gasteiger partial charge in [0, 0.05) is 53.2 Å². The molecule has 1 unspecified atom stereocenters. The molecule has 62 heavy (non-hydrogen) atoms. The van der Waals surface area contributed by atoms with Crippen LogP contribution >= 0.6 is 0 Å². The molecule has 4 nitrogen and oxygen atoms in total. The van der Waals surface area contributed by atoms with E-state index >= 15 is 0 Å². The number of anilines is 2. The van der Waals surface area contributed by atoms with Gasteiger partial charge >= 0.3 is 0 Å². The number of rotatable bonds is 19. The minimum atomic E-state index is -1.50. The average Bonchev–Trinajstić information content (AvgIpc) is 3.63. The molecule has 0 saturated heterocycles. The van der Waals surface area contributed by atoms with E-state index in [4.69, 9.17) is 0 Å². The van der Waals surface area contributed by atoms with E-state index in [1.54, 1.807) is 6.08 Å². The second-order valence-electron chi connectivity index (χ2n) is 14.6. The van der Waals surface area contributed by atoms with E-state index in [1.165, 1.54) is 0 Å². The molecular formula is C57H59N3OS. The lowest BCUT2D eigenvalue weighted by atomic mass is 10.00. The third-order valence-electron chi connectivity index (χ3n) is 10.6. The monoisotopic (exact) mass is 833 g/mol. The molecule has 0 spiro atoms. The lowest BCUT2D eigenvalue weighted by molar-refractivity contribution is 0.679. The van der Waals surface area contributed by atoms with Crippen LogP contribution in [-0.4, -0.2) is 22.3 Å². The molecule has 0 radical (unpaired) electrons. The van der Waals surface area contributed by atoms with Crippen LogP contribution in [0.25, 0.3) is 27.4 Å². The summed E-state index contributed by atoms with van der Waals surface area (Å²) < 4.78 is 16.4. The Kier molecular flexibility index (Phi) is 16.8. The van der Waals surface area contributed by atoms with E-state index in [2.05, 4.69) is 159 Å². The highest BCUT2D eigenvalue weighted by Crippen LogP contribution is 2.37. The highest BCUT2D eigenvalue weighted by Gasteiger charge is 2.20. The van der Waals surface area contributed by atoms with Crippen LogP contribution in [0.5, 0.6) is 0 Å². The SMILES string of the molecule is C=C/C=C\C(=C)\C(C=C)=C/C=C(C)/C(/C=C/C/C=C\C)=C(/C=C\C)N(C)c1ccc2c(c1)c1cc(N(C)C(=C)/C=C\C(=C/C)c3ccccc3)ccc1n2S(=O)c1ccccc1. The van der Waals surface area contributed by atoms with Crippen molar-refractivity contribution in [3.05, 3.63) is 254 Å². The summed E-state index contributed by atoms with van der Waals surface area (Å²) in [4.78, 5) is 5.04. The first kappa shape index (κ1) is 46.1. The quantitative estimate of drug-likeness (QED) is 0.0613. The van der Waals surface area contributed by atoms with Crippen LogP contribution < -0.4 is 9.80 Å². The zero-order valence-electron chi connectivity index (χ0n) is 37.1. The van der Waals surface area contributed by atoms with Crippen LogP contribution in [0, 0.1) is 0 Å². The minimum Gasteiger partial charge on any atom is -0.345 e. The molecule has 1 heterocycles. The van der Waals surface area contributed by atoms with Crippen LogP contribution in [0.15, 0.2) is 253 Å². The summed E-state index contributed by atoms with van der Waals surface area (Å²) in [5, 5.41) is 1.98. The number of fused-ring (bicyclic) bond motifs is 3. The third kappa shape index (κ3) is 11.0. The van der Waals surface area contributed by atoms with Gasteiger partial charge in [-0.2, -0.15) is 0 Å². The van der Waals surface area contributed by atoms with E-state index in [0.717, 1.165) is 89.3 Å². The Morgan fingerprint density at radius 3 is 1.92 bits per heavy atom. The van der Waals surface area contributed by atoms with Crippen LogP contribution in [0.4, 0.5) is 11.4 Å². The molecule has 0 bridgehead atoms. The van der Waals surface area contributed by atoms with Crippen molar-refractivity contribution in [2.24, 2.45) is 0 Å². The smallest absolute Gasteiger partial charge is 0.157 e. The normalized spacial score (nSPS) is 13.9. The van der Waals surface area contributed by atoms with Crippen molar-refractivity contribution < 1.29 is 4.21 Å². The van der Waals surface area contributed by atoms with Crippen molar-refractivity contribution in [3.63, 3.8) is 0 Å². The van der Waals surface area contributed by atoms with Crippen molar-refractivity contribution in [1.29, 1.82) is 0 Å². The molecule has 0 N–H and O–H groups in total. The van der Waals surface area contributed by atoms with Gasteiger partial charge in [0.25, 0.3) is 0 Å². The van der Waals surface area contributed by atoms with Crippen LogP contribution in [0.2, 0.25) is 0 Å². The molecule has 0 saturated carbocycles. The summed E-state index contributed by atoms with van der Waals surface area (Å²) in [6, 6.07) is 32.7. The Hall–Kier alpha value is -6.95. The predicted molar refractivity (Wildman–Crippen MR) is 274 cm³/mol. The van der Waals surface area contributed by atoms with Gasteiger partial charge in [-0.25, -0.2) is 4.21 Å². The first-order chi connectivity index (χ1) is 30.1. The van der Waals surface area contributed by atoms with E-state index in [9.17, 15) is 4.21 Å². The molecule has 1 atom stereocenters. The van der Waals surface area contributed by atoms with Crippen molar-refractivity contribution in [2.75, 3.05) is 23.9 Å². The van der Waals surface area contributed by atoms with E-state index < -0.39 is 11.0 Å². The number of allylic oxidation sites excluding steroid dienone is 20. The van der Waals surface area contributed by atoms with Crippen molar-refractivity contribution in [3.8, 4) is 0 Å². The Balaban J connectivity index is 1.67. The summed E-state index contributed by atoms with van der Waals surface area (Å²) in [7, 11) is 2.63. The zero-order chi connectivity index (χ0) is 44.6. The highest BCUT2D eigenvalue weighted by atomic mass is 32.2. The summed E-state index contributed by atoms with van der Waals surface area (Å²) in [6.45, 7) is 24.7. The van der Waals surface area contributed by atoms with Gasteiger partial charge in [0.2, 0.25) is 0 Å². The fourth-order valence-electron chi connectivity index (χ4n) is 7.04. The minimum absolute atomic E-state index is 0.731. The summed E-state index contributed by atoms with van der Waals surface area (Å²) >= 11 is 0. The second-order valence-corrected chi connectivity index (χ2v) is 15.9. The van der Waals surface area contributed by atoms with Gasteiger partial charge in [-0.3, -0.25) is 3.97 Å². The topological polar surface area (TPSA) is 28.5 Å². The van der Waals surface area contributed by atoms with Crippen molar-refractivity contribution in [1.82, 2.24) is 3.97 Å². The maximum atomic E-state index is 14.5. The van der Waals surface area contributed by atoms with E-state index in [0.29, 0.717) is 0 Å². The Morgan fingerprint density at radius 1 is 0.710 bits per heavy atom. The largest absolute Gasteiger partial charge is 0.345 e. The number of likely N-dealkylation sites (N-methyl/N-ethyl adjacent to an activating group) is 2. The Bertz CT molecular complexity index is 2740. The zero-order valence-corrected chi connectivity index (χ0v) is 37.9. The standard InChI is InChI=1S/C57H59N3OS/c1-11-16-18-25-32-52(44(7)33-35-46(14-4)43(6)27-17-12-2)55(26-13-3)59(10)50-38-40-57-54(42-50)53-41-49(37-39-56(53)60(57)62(61)51-30-23-20-24-31-51)58(9)45(8)34-36-47(15-5)48-28-21-19-22-29-48/h11-17,19-42H,2,4,6,8,18H2,1,3,5,7,9-10H3/b16-11-,26-13-,27-17-,32-25+,36-34-,44-33+,46-35-,47-15+,55-52-. The van der Waals surface area contributed by atoms with Crippen LogP contribution in [0.3, 0.4) is 0 Å². The molecule has 5 heteroatoms. The summed E-state index contributed by atoms with van der Waals surface area (Å²) in [5.74, 6) is 0. The highest BCUT2D eigenvalue weighted by molar-refractivity contribution is 7.84. The van der Waals surface area contributed by atoms with Crippen LogP contribution in [-0.2, 0) is 11.0 Å². The van der Waals surface area contributed by atoms with Crippen molar-refractivity contribution in [2.45, 2.75) is 39.0 Å². The number of hydrogen-bond acceptors (Lipinski definition) is 3. The number of aromatic nitrogens is 1. The molecule has 0 amide bonds. The molecule has 0 aliphatic carbocycles. The van der Waals surface area contributed by atoms with E-state index in [1.807, 2.05) is 105 Å². The second kappa shape index (κ2) is 22.6. The van der Waals surface area contributed by atoms with Gasteiger partial charge in [-0.1, -0.05) is 154 Å².